The lowest BCUT2D eigenvalue weighted by Crippen LogP contribution is -2.46. The number of esters is 2. The average Bonchev–Trinajstić information content (AvgIpc) is 2.45. The minimum Gasteiger partial charge on any atom is -0.468 e. The third-order valence-corrected chi connectivity index (χ3v) is 3.14. The summed E-state index contributed by atoms with van der Waals surface area (Å²) >= 11 is 0. The van der Waals surface area contributed by atoms with Crippen molar-refractivity contribution in [1.82, 2.24) is 0 Å². The van der Waals surface area contributed by atoms with Crippen LogP contribution in [0.2, 0.25) is 0 Å². The lowest BCUT2D eigenvalue weighted by molar-refractivity contribution is -0.172. The summed E-state index contributed by atoms with van der Waals surface area (Å²) in [6.07, 6.45) is 4.34. The number of ether oxygens (including phenoxy) is 2. The first-order valence-corrected chi connectivity index (χ1v) is 6.24. The molecule has 0 radical (unpaired) electrons. The molecule has 0 aliphatic heterocycles. The molecule has 19 heavy (non-hydrogen) atoms. The molecule has 4 heteroatoms. The number of methoxy groups -OCH3 is 2. The van der Waals surface area contributed by atoms with Crippen LogP contribution < -0.4 is 0 Å². The molecule has 0 N–H and O–H groups in total. The van der Waals surface area contributed by atoms with Gasteiger partial charge >= 0.3 is 11.9 Å². The first-order valence-electron chi connectivity index (χ1n) is 6.24. The fraction of sp³-hybridized carbons (Fsp3) is 0.600. The molecule has 0 fully saturated rings. The summed E-state index contributed by atoms with van der Waals surface area (Å²) in [5.41, 5.74) is -1.40. The fourth-order valence-electron chi connectivity index (χ4n) is 2.13. The molecular weight excluding hydrogens is 244 g/mol. The Kier molecular flexibility index (Phi) is 7.59. The maximum atomic E-state index is 12.2. The van der Waals surface area contributed by atoms with Gasteiger partial charge in [-0.05, 0) is 20.3 Å². The molecule has 0 saturated carbocycles. The maximum absolute atomic E-state index is 12.2. The Morgan fingerprint density at radius 2 is 1.79 bits per heavy atom. The summed E-state index contributed by atoms with van der Waals surface area (Å²) in [6, 6.07) is 0. The Bertz CT molecular complexity index is 382. The van der Waals surface area contributed by atoms with Gasteiger partial charge in [0.15, 0.2) is 5.41 Å². The molecule has 1 unspecified atom stereocenters. The molecule has 106 valence electrons. The van der Waals surface area contributed by atoms with E-state index in [0.717, 1.165) is 0 Å². The van der Waals surface area contributed by atoms with E-state index in [-0.39, 0.29) is 12.3 Å². The molecule has 0 bridgehead atoms. The lowest BCUT2D eigenvalue weighted by atomic mass is 9.71. The molecule has 1 atom stereocenters. The zero-order valence-electron chi connectivity index (χ0n) is 12.3. The molecule has 4 nitrogen and oxygen atoms in total. The van der Waals surface area contributed by atoms with Gasteiger partial charge < -0.3 is 9.47 Å². The molecule has 0 aliphatic rings. The molecule has 0 rings (SSSR count). The summed E-state index contributed by atoms with van der Waals surface area (Å²) in [6.45, 7) is 5.41. The van der Waals surface area contributed by atoms with Gasteiger partial charge in [0.25, 0.3) is 0 Å². The van der Waals surface area contributed by atoms with E-state index in [4.69, 9.17) is 9.47 Å². The third-order valence-electron chi connectivity index (χ3n) is 3.14. The van der Waals surface area contributed by atoms with Gasteiger partial charge in [0.05, 0.1) is 14.2 Å². The minimum atomic E-state index is -1.40. The second-order valence-electron chi connectivity index (χ2n) is 4.10. The van der Waals surface area contributed by atoms with E-state index in [1.54, 1.807) is 6.92 Å². The second kappa shape index (κ2) is 8.36. The van der Waals surface area contributed by atoms with Crippen molar-refractivity contribution in [2.45, 2.75) is 33.6 Å². The fourth-order valence-corrected chi connectivity index (χ4v) is 2.13. The Labute approximate surface area is 115 Å². The van der Waals surface area contributed by atoms with E-state index in [9.17, 15) is 9.59 Å². The van der Waals surface area contributed by atoms with Crippen LogP contribution in [0.5, 0.6) is 0 Å². The topological polar surface area (TPSA) is 52.6 Å². The van der Waals surface area contributed by atoms with Gasteiger partial charge in [-0.25, -0.2) is 0 Å². The molecule has 0 heterocycles. The normalized spacial score (nSPS) is 12.5. The smallest absolute Gasteiger partial charge is 0.324 e. The predicted molar refractivity (Wildman–Crippen MR) is 73.1 cm³/mol. The summed E-state index contributed by atoms with van der Waals surface area (Å²) in [5.74, 6) is 4.00. The Morgan fingerprint density at radius 1 is 1.26 bits per heavy atom. The highest BCUT2D eigenvalue weighted by Crippen LogP contribution is 2.37. The van der Waals surface area contributed by atoms with Crippen LogP contribution in [0.1, 0.15) is 33.6 Å². The molecule has 0 aromatic heterocycles. The monoisotopic (exact) mass is 266 g/mol. The molecule has 0 aromatic carbocycles. The van der Waals surface area contributed by atoms with Crippen LogP contribution in [-0.2, 0) is 19.1 Å². The van der Waals surface area contributed by atoms with E-state index >= 15 is 0 Å². The van der Waals surface area contributed by atoms with E-state index < -0.39 is 17.4 Å². The molecule has 0 aromatic rings. The second-order valence-corrected chi connectivity index (χ2v) is 4.10. The van der Waals surface area contributed by atoms with Gasteiger partial charge in [0.2, 0.25) is 0 Å². The van der Waals surface area contributed by atoms with Crippen molar-refractivity contribution in [3.8, 4) is 11.8 Å². The highest BCUT2D eigenvalue weighted by molar-refractivity contribution is 6.01. The molecule has 0 aliphatic carbocycles. The van der Waals surface area contributed by atoms with Crippen LogP contribution in [0, 0.1) is 23.2 Å². The van der Waals surface area contributed by atoms with E-state index in [2.05, 4.69) is 11.8 Å². The SMILES string of the molecule is CC#CCC(C(=O)OC)(C(=O)OC)C(/C=C/C)CC. The average molecular weight is 266 g/mol. The Hall–Kier alpha value is -1.76. The van der Waals surface area contributed by atoms with Crippen molar-refractivity contribution in [3.05, 3.63) is 12.2 Å². The zero-order valence-corrected chi connectivity index (χ0v) is 12.3. The van der Waals surface area contributed by atoms with E-state index in [1.165, 1.54) is 14.2 Å². The van der Waals surface area contributed by atoms with Gasteiger partial charge in [0, 0.05) is 12.3 Å². The first kappa shape index (κ1) is 17.2. The number of carbonyl (C=O) groups is 2. The summed E-state index contributed by atoms with van der Waals surface area (Å²) < 4.78 is 9.65. The lowest BCUT2D eigenvalue weighted by Gasteiger charge is -2.32. The number of allylic oxidation sites excluding steroid dienone is 2. The summed E-state index contributed by atoms with van der Waals surface area (Å²) in [5, 5.41) is 0. The van der Waals surface area contributed by atoms with Gasteiger partial charge in [-0.3, -0.25) is 9.59 Å². The highest BCUT2D eigenvalue weighted by Gasteiger charge is 2.52. The molecule has 0 spiro atoms. The predicted octanol–water partition coefficient (Wildman–Crippen LogP) is 2.33. The number of hydrogen-bond acceptors (Lipinski definition) is 4. The number of carbonyl (C=O) groups excluding carboxylic acids is 2. The van der Waals surface area contributed by atoms with Crippen molar-refractivity contribution >= 4 is 11.9 Å². The molecular formula is C15H22O4. The number of rotatable bonds is 6. The first-order chi connectivity index (χ1) is 9.04. The minimum absolute atomic E-state index is 0.0890. The highest BCUT2D eigenvalue weighted by atomic mass is 16.5. The van der Waals surface area contributed by atoms with Crippen LogP contribution >= 0.6 is 0 Å². The van der Waals surface area contributed by atoms with Crippen LogP contribution in [0.25, 0.3) is 0 Å². The molecule has 0 amide bonds. The van der Waals surface area contributed by atoms with Gasteiger partial charge in [-0.1, -0.05) is 19.1 Å². The van der Waals surface area contributed by atoms with Crippen molar-refractivity contribution in [3.63, 3.8) is 0 Å². The van der Waals surface area contributed by atoms with E-state index in [1.807, 2.05) is 26.0 Å². The van der Waals surface area contributed by atoms with E-state index in [0.29, 0.717) is 6.42 Å². The van der Waals surface area contributed by atoms with Crippen molar-refractivity contribution < 1.29 is 19.1 Å². The van der Waals surface area contributed by atoms with Crippen molar-refractivity contribution in [2.24, 2.45) is 11.3 Å². The standard InChI is InChI=1S/C15H22O4/c1-6-9-11-15(13(16)18-4,14(17)19-5)12(8-3)10-7-2/h7,10,12H,8,11H2,1-5H3/b10-7+. The van der Waals surface area contributed by atoms with Crippen molar-refractivity contribution in [2.75, 3.05) is 14.2 Å². The Balaban J connectivity index is 5.89. The van der Waals surface area contributed by atoms with Gasteiger partial charge in [-0.15, -0.1) is 11.8 Å². The van der Waals surface area contributed by atoms with Crippen LogP contribution in [0.15, 0.2) is 12.2 Å². The van der Waals surface area contributed by atoms with Gasteiger partial charge in [-0.2, -0.15) is 0 Å². The number of hydrogen-bond donors (Lipinski definition) is 0. The van der Waals surface area contributed by atoms with Crippen molar-refractivity contribution in [1.29, 1.82) is 0 Å². The zero-order chi connectivity index (χ0) is 14.9. The quantitative estimate of drug-likeness (QED) is 0.320. The molecule has 0 saturated heterocycles. The third kappa shape index (κ3) is 3.60. The summed E-state index contributed by atoms with van der Waals surface area (Å²) in [7, 11) is 2.53. The largest absolute Gasteiger partial charge is 0.468 e. The van der Waals surface area contributed by atoms with Crippen LogP contribution in [-0.4, -0.2) is 26.2 Å². The Morgan fingerprint density at radius 3 is 2.11 bits per heavy atom. The maximum Gasteiger partial charge on any atom is 0.324 e. The van der Waals surface area contributed by atoms with Crippen LogP contribution in [0.3, 0.4) is 0 Å². The van der Waals surface area contributed by atoms with Gasteiger partial charge in [0.1, 0.15) is 0 Å². The summed E-state index contributed by atoms with van der Waals surface area (Å²) in [4.78, 5) is 24.4. The van der Waals surface area contributed by atoms with Crippen LogP contribution in [0.4, 0.5) is 0 Å².